The van der Waals surface area contributed by atoms with Gasteiger partial charge in [-0.1, -0.05) is 55.1 Å². The summed E-state index contributed by atoms with van der Waals surface area (Å²) in [6.45, 7) is 4.93. The summed E-state index contributed by atoms with van der Waals surface area (Å²) in [7, 11) is 0. The quantitative estimate of drug-likeness (QED) is 0.475. The van der Waals surface area contributed by atoms with Gasteiger partial charge in [0.2, 0.25) is 0 Å². The molecule has 0 saturated carbocycles. The second-order valence-electron chi connectivity index (χ2n) is 7.56. The van der Waals surface area contributed by atoms with Crippen LogP contribution in [0, 0.1) is 5.41 Å². The largest absolute Gasteiger partial charge is 0.382 e. The van der Waals surface area contributed by atoms with Crippen molar-refractivity contribution in [1.82, 2.24) is 10.2 Å². The molecule has 0 aliphatic carbocycles. The Bertz CT molecular complexity index is 978. The lowest BCUT2D eigenvalue weighted by molar-refractivity contribution is -0.115. The van der Waals surface area contributed by atoms with Gasteiger partial charge in [-0.05, 0) is 30.5 Å². The number of piperidine rings is 1. The zero-order valence-electron chi connectivity index (χ0n) is 17.4. The average Bonchev–Trinajstić information content (AvgIpc) is 2.83. The first-order valence-corrected chi connectivity index (χ1v) is 10.2. The molecule has 1 fully saturated rings. The predicted octanol–water partition coefficient (Wildman–Crippen LogP) is 2.50. The number of carbonyl (C=O) groups excluding carboxylic acids is 2. The topological polar surface area (TPSA) is 112 Å². The highest BCUT2D eigenvalue weighted by molar-refractivity contribution is 6.65. The molecule has 0 atom stereocenters. The van der Waals surface area contributed by atoms with E-state index in [4.69, 9.17) is 11.1 Å². The van der Waals surface area contributed by atoms with E-state index in [9.17, 15) is 9.59 Å². The van der Waals surface area contributed by atoms with Gasteiger partial charge >= 0.3 is 0 Å². The monoisotopic (exact) mass is 417 g/mol. The number of amidine groups is 1. The van der Waals surface area contributed by atoms with E-state index in [2.05, 4.69) is 16.9 Å². The third kappa shape index (κ3) is 5.06. The summed E-state index contributed by atoms with van der Waals surface area (Å²) in [5, 5.41) is 10.7. The third-order valence-corrected chi connectivity index (χ3v) is 5.72. The first-order chi connectivity index (χ1) is 15.0. The molecule has 160 valence electrons. The van der Waals surface area contributed by atoms with E-state index in [1.54, 1.807) is 0 Å². The molecule has 7 nitrogen and oxygen atoms in total. The van der Waals surface area contributed by atoms with Gasteiger partial charge in [-0.15, -0.1) is 0 Å². The summed E-state index contributed by atoms with van der Waals surface area (Å²) in [6, 6.07) is 19.2. The lowest BCUT2D eigenvalue weighted by Crippen LogP contribution is -2.51. The number of nitrogens with one attached hydrogen (secondary N) is 2. The van der Waals surface area contributed by atoms with E-state index < -0.39 is 5.91 Å². The number of carbonyl (C=O) groups is 2. The summed E-state index contributed by atoms with van der Waals surface area (Å²) in [5.74, 6) is -0.743. The maximum absolute atomic E-state index is 12.8. The number of nitrogens with zero attached hydrogens (tertiary/aromatic N) is 2. The van der Waals surface area contributed by atoms with Crippen molar-refractivity contribution in [2.24, 2.45) is 10.7 Å². The molecule has 0 radical (unpaired) electrons. The third-order valence-electron chi connectivity index (χ3n) is 5.72. The maximum Gasteiger partial charge on any atom is 0.273 e. The molecular weight excluding hydrogens is 390 g/mol. The van der Waals surface area contributed by atoms with E-state index in [1.807, 2.05) is 65.6 Å². The van der Waals surface area contributed by atoms with Gasteiger partial charge in [0, 0.05) is 36.8 Å². The fraction of sp³-hybridized carbons (Fsp3) is 0.250. The smallest absolute Gasteiger partial charge is 0.273 e. The molecule has 0 unspecified atom stereocenters. The number of hydrogen-bond acceptors (Lipinski definition) is 4. The predicted molar refractivity (Wildman–Crippen MR) is 122 cm³/mol. The molecule has 3 rings (SSSR count). The van der Waals surface area contributed by atoms with Crippen LogP contribution in [0.5, 0.6) is 0 Å². The van der Waals surface area contributed by atoms with Crippen LogP contribution in [0.4, 0.5) is 0 Å². The molecule has 2 amide bonds. The van der Waals surface area contributed by atoms with Crippen molar-refractivity contribution in [3.05, 3.63) is 84.6 Å². The SMILES string of the molecule is C=CN=C(N)C(=N)C(=O)NCC1(c2ccccc2)CCN(C(=O)c2ccccc2)CC1. The van der Waals surface area contributed by atoms with E-state index in [1.165, 1.54) is 6.20 Å². The van der Waals surface area contributed by atoms with Crippen LogP contribution in [0.1, 0.15) is 28.8 Å². The molecule has 1 aliphatic heterocycles. The van der Waals surface area contributed by atoms with Crippen molar-refractivity contribution in [2.75, 3.05) is 19.6 Å². The van der Waals surface area contributed by atoms with Crippen molar-refractivity contribution >= 4 is 23.4 Å². The van der Waals surface area contributed by atoms with E-state index >= 15 is 0 Å². The Morgan fingerprint density at radius 1 is 1.10 bits per heavy atom. The Balaban J connectivity index is 1.74. The molecule has 2 aromatic carbocycles. The van der Waals surface area contributed by atoms with Gasteiger partial charge in [0.25, 0.3) is 11.8 Å². The zero-order valence-corrected chi connectivity index (χ0v) is 17.4. The van der Waals surface area contributed by atoms with Gasteiger partial charge in [0.15, 0.2) is 11.5 Å². The Morgan fingerprint density at radius 2 is 1.68 bits per heavy atom. The molecule has 0 bridgehead atoms. The Labute approximate surface area is 182 Å². The highest BCUT2D eigenvalue weighted by atomic mass is 16.2. The van der Waals surface area contributed by atoms with Crippen molar-refractivity contribution < 1.29 is 9.59 Å². The zero-order chi connectivity index (χ0) is 22.3. The standard InChI is InChI=1S/C24H27N5O2/c1-2-27-21(26)20(25)22(30)28-17-24(19-11-7-4-8-12-19)13-15-29(16-14-24)23(31)18-9-5-3-6-10-18/h2-12,25H,1,13-17H2,(H2,26,27)(H,28,30). The second-order valence-corrected chi connectivity index (χ2v) is 7.56. The maximum atomic E-state index is 12.8. The first-order valence-electron chi connectivity index (χ1n) is 10.2. The van der Waals surface area contributed by atoms with Crippen molar-refractivity contribution in [3.63, 3.8) is 0 Å². The summed E-state index contributed by atoms with van der Waals surface area (Å²) < 4.78 is 0. The van der Waals surface area contributed by atoms with E-state index in [0.29, 0.717) is 38.0 Å². The molecule has 2 aromatic rings. The number of rotatable bonds is 7. The van der Waals surface area contributed by atoms with Crippen LogP contribution in [-0.2, 0) is 10.2 Å². The van der Waals surface area contributed by atoms with Gasteiger partial charge in [0.1, 0.15) is 0 Å². The molecule has 0 aromatic heterocycles. The van der Waals surface area contributed by atoms with Gasteiger partial charge < -0.3 is 16.0 Å². The minimum atomic E-state index is -0.582. The van der Waals surface area contributed by atoms with Crippen LogP contribution in [0.2, 0.25) is 0 Å². The van der Waals surface area contributed by atoms with Crippen LogP contribution in [0.3, 0.4) is 0 Å². The number of nitrogens with two attached hydrogens (primary N) is 1. The Kier molecular flexibility index (Phi) is 6.97. The minimum absolute atomic E-state index is 0.0153. The molecular formula is C24H27N5O2. The van der Waals surface area contributed by atoms with Crippen LogP contribution in [0.15, 0.2) is 78.4 Å². The number of aliphatic imine (C=N–C) groups is 1. The van der Waals surface area contributed by atoms with Gasteiger partial charge in [-0.3, -0.25) is 15.0 Å². The van der Waals surface area contributed by atoms with Crippen LogP contribution >= 0.6 is 0 Å². The summed E-state index contributed by atoms with van der Waals surface area (Å²) >= 11 is 0. The highest BCUT2D eigenvalue weighted by Gasteiger charge is 2.38. The lowest BCUT2D eigenvalue weighted by atomic mass is 9.72. The number of likely N-dealkylation sites (tertiary alicyclic amines) is 1. The molecule has 1 saturated heterocycles. The lowest BCUT2D eigenvalue weighted by Gasteiger charge is -2.42. The van der Waals surface area contributed by atoms with Crippen LogP contribution in [-0.4, -0.2) is 47.9 Å². The summed E-state index contributed by atoms with van der Waals surface area (Å²) in [6.07, 6.45) is 2.58. The second kappa shape index (κ2) is 9.84. The molecule has 1 heterocycles. The van der Waals surface area contributed by atoms with Crippen LogP contribution < -0.4 is 11.1 Å². The van der Waals surface area contributed by atoms with Gasteiger partial charge in [0.05, 0.1) is 0 Å². The van der Waals surface area contributed by atoms with Gasteiger partial charge in [-0.2, -0.15) is 0 Å². The van der Waals surface area contributed by atoms with E-state index in [0.717, 1.165) is 5.56 Å². The molecule has 1 aliphatic rings. The fourth-order valence-corrected chi connectivity index (χ4v) is 3.88. The molecule has 31 heavy (non-hydrogen) atoms. The molecule has 7 heteroatoms. The molecule has 0 spiro atoms. The Hall–Kier alpha value is -3.74. The average molecular weight is 418 g/mol. The van der Waals surface area contributed by atoms with Gasteiger partial charge in [-0.25, -0.2) is 4.99 Å². The fourth-order valence-electron chi connectivity index (χ4n) is 3.88. The summed E-state index contributed by atoms with van der Waals surface area (Å²) in [4.78, 5) is 30.8. The normalized spacial score (nSPS) is 15.7. The highest BCUT2D eigenvalue weighted by Crippen LogP contribution is 2.35. The first kappa shape index (κ1) is 22.0. The Morgan fingerprint density at radius 3 is 2.26 bits per heavy atom. The number of benzene rings is 2. The van der Waals surface area contributed by atoms with Crippen molar-refractivity contribution in [2.45, 2.75) is 18.3 Å². The number of hydrogen-bond donors (Lipinski definition) is 3. The number of amides is 2. The van der Waals surface area contributed by atoms with Crippen LogP contribution in [0.25, 0.3) is 0 Å². The van der Waals surface area contributed by atoms with Crippen molar-refractivity contribution in [3.8, 4) is 0 Å². The van der Waals surface area contributed by atoms with E-state index in [-0.39, 0.29) is 22.9 Å². The van der Waals surface area contributed by atoms with Crippen molar-refractivity contribution in [1.29, 1.82) is 5.41 Å². The molecule has 4 N–H and O–H groups in total. The summed E-state index contributed by atoms with van der Waals surface area (Å²) in [5.41, 5.74) is 6.68. The minimum Gasteiger partial charge on any atom is -0.382 e.